The van der Waals surface area contributed by atoms with Crippen LogP contribution in [0.4, 0.5) is 0 Å². The summed E-state index contributed by atoms with van der Waals surface area (Å²) in [6.45, 7) is 1.00. The number of nitriles is 1. The summed E-state index contributed by atoms with van der Waals surface area (Å²) in [4.78, 5) is 10.9. The van der Waals surface area contributed by atoms with E-state index in [-0.39, 0.29) is 6.54 Å². The lowest BCUT2D eigenvalue weighted by Gasteiger charge is -2.17. The molecule has 0 aromatic carbocycles. The molecule has 0 saturated heterocycles. The van der Waals surface area contributed by atoms with Gasteiger partial charge in [0.1, 0.15) is 0 Å². The number of likely N-dealkylation sites (N-methyl/N-ethyl adjacent to an activating group) is 2. The van der Waals surface area contributed by atoms with E-state index in [1.54, 1.807) is 6.07 Å². The number of rotatable bonds is 4. The molecule has 6 nitrogen and oxygen atoms in total. The minimum atomic E-state index is -3.68. The SMILES string of the molecule is CNC(=O)CN(C)S(=O)(=O)C(C)C#N. The van der Waals surface area contributed by atoms with E-state index in [0.717, 1.165) is 4.31 Å². The van der Waals surface area contributed by atoms with E-state index >= 15 is 0 Å². The highest BCUT2D eigenvalue weighted by atomic mass is 32.2. The third kappa shape index (κ3) is 2.97. The fraction of sp³-hybridized carbons (Fsp3) is 0.714. The fourth-order valence-corrected chi connectivity index (χ4v) is 1.68. The summed E-state index contributed by atoms with van der Waals surface area (Å²) >= 11 is 0. The Bertz CT molecular complexity index is 344. The maximum Gasteiger partial charge on any atom is 0.235 e. The first kappa shape index (κ1) is 12.9. The summed E-state index contributed by atoms with van der Waals surface area (Å²) in [6.07, 6.45) is 0. The van der Waals surface area contributed by atoms with Crippen LogP contribution in [0.3, 0.4) is 0 Å². The molecule has 0 aliphatic carbocycles. The van der Waals surface area contributed by atoms with Crippen molar-refractivity contribution >= 4 is 15.9 Å². The molecule has 1 N–H and O–H groups in total. The molecule has 0 rings (SSSR count). The van der Waals surface area contributed by atoms with Crippen LogP contribution >= 0.6 is 0 Å². The average Bonchev–Trinajstić information content (AvgIpc) is 2.15. The molecule has 0 spiro atoms. The molecular formula is C7H13N3O3S. The number of nitrogens with zero attached hydrogens (tertiary/aromatic N) is 2. The summed E-state index contributed by atoms with van der Waals surface area (Å²) in [5, 5.41) is 9.61. The lowest BCUT2D eigenvalue weighted by molar-refractivity contribution is -0.120. The Kier molecular flexibility index (Phi) is 4.53. The highest BCUT2D eigenvalue weighted by Crippen LogP contribution is 2.04. The Hall–Kier alpha value is -1.13. The molecule has 14 heavy (non-hydrogen) atoms. The number of hydrogen-bond donors (Lipinski definition) is 1. The van der Waals surface area contributed by atoms with Crippen molar-refractivity contribution < 1.29 is 13.2 Å². The summed E-state index contributed by atoms with van der Waals surface area (Å²) in [5.41, 5.74) is 0. The first-order valence-corrected chi connectivity index (χ1v) is 5.42. The Morgan fingerprint density at radius 3 is 2.50 bits per heavy atom. The smallest absolute Gasteiger partial charge is 0.235 e. The topological polar surface area (TPSA) is 90.3 Å². The summed E-state index contributed by atoms with van der Waals surface area (Å²) in [7, 11) is -1.01. The molecule has 0 radical (unpaired) electrons. The second kappa shape index (κ2) is 4.93. The predicted octanol–water partition coefficient (Wildman–Crippen LogP) is -1.09. The summed E-state index contributed by atoms with van der Waals surface area (Å²) < 4.78 is 23.7. The molecule has 7 heteroatoms. The van der Waals surface area contributed by atoms with Crippen LogP contribution in [0.25, 0.3) is 0 Å². The second-order valence-corrected chi connectivity index (χ2v) is 5.11. The van der Waals surface area contributed by atoms with Crippen molar-refractivity contribution in [2.24, 2.45) is 0 Å². The molecule has 1 atom stereocenters. The molecule has 80 valence electrons. The predicted molar refractivity (Wildman–Crippen MR) is 50.7 cm³/mol. The van der Waals surface area contributed by atoms with Gasteiger partial charge in [-0.1, -0.05) is 0 Å². The lowest BCUT2D eigenvalue weighted by Crippen LogP contribution is -2.40. The fourth-order valence-electron chi connectivity index (χ4n) is 0.708. The molecule has 0 aromatic heterocycles. The van der Waals surface area contributed by atoms with Gasteiger partial charge in [0.05, 0.1) is 12.6 Å². The maximum absolute atomic E-state index is 11.4. The zero-order valence-corrected chi connectivity index (χ0v) is 9.13. The highest BCUT2D eigenvalue weighted by molar-refractivity contribution is 7.89. The van der Waals surface area contributed by atoms with Gasteiger partial charge in [-0.3, -0.25) is 4.79 Å². The van der Waals surface area contributed by atoms with Gasteiger partial charge in [-0.25, -0.2) is 8.42 Å². The van der Waals surface area contributed by atoms with Crippen LogP contribution in [0.15, 0.2) is 0 Å². The Morgan fingerprint density at radius 2 is 2.14 bits per heavy atom. The van der Waals surface area contributed by atoms with Crippen molar-refractivity contribution in [1.29, 1.82) is 5.26 Å². The van der Waals surface area contributed by atoms with E-state index in [2.05, 4.69) is 5.32 Å². The van der Waals surface area contributed by atoms with Gasteiger partial charge in [0.25, 0.3) is 0 Å². The molecule has 0 fully saturated rings. The van der Waals surface area contributed by atoms with Crippen LogP contribution in [0.1, 0.15) is 6.92 Å². The normalized spacial score (nSPS) is 13.4. The number of carbonyl (C=O) groups excluding carboxylic acids is 1. The van der Waals surface area contributed by atoms with Gasteiger partial charge in [-0.15, -0.1) is 0 Å². The molecule has 0 aromatic rings. The summed E-state index contributed by atoms with van der Waals surface area (Å²) in [6, 6.07) is 1.62. The van der Waals surface area contributed by atoms with Gasteiger partial charge in [0, 0.05) is 14.1 Å². The molecular weight excluding hydrogens is 206 g/mol. The number of sulfonamides is 1. The average molecular weight is 219 g/mol. The van der Waals surface area contributed by atoms with Crippen molar-refractivity contribution in [2.45, 2.75) is 12.2 Å². The van der Waals surface area contributed by atoms with E-state index in [1.165, 1.54) is 21.0 Å². The molecule has 0 bridgehead atoms. The summed E-state index contributed by atoms with van der Waals surface area (Å²) in [5.74, 6) is -0.416. The molecule has 1 amide bonds. The van der Waals surface area contributed by atoms with E-state index in [1.807, 2.05) is 0 Å². The molecule has 1 unspecified atom stereocenters. The van der Waals surface area contributed by atoms with E-state index in [4.69, 9.17) is 5.26 Å². The minimum Gasteiger partial charge on any atom is -0.358 e. The first-order valence-electron chi connectivity index (χ1n) is 3.91. The van der Waals surface area contributed by atoms with Crippen molar-refractivity contribution in [3.63, 3.8) is 0 Å². The molecule has 0 saturated carbocycles. The van der Waals surface area contributed by atoms with Gasteiger partial charge < -0.3 is 5.32 Å². The van der Waals surface area contributed by atoms with Crippen LogP contribution in [-0.2, 0) is 14.8 Å². The number of nitrogens with one attached hydrogen (secondary N) is 1. The van der Waals surface area contributed by atoms with Crippen LogP contribution < -0.4 is 5.32 Å². The molecule has 0 aliphatic heterocycles. The monoisotopic (exact) mass is 219 g/mol. The number of hydrogen-bond acceptors (Lipinski definition) is 4. The quantitative estimate of drug-likeness (QED) is 0.650. The second-order valence-electron chi connectivity index (χ2n) is 2.75. The van der Waals surface area contributed by atoms with Crippen LogP contribution in [0.5, 0.6) is 0 Å². The van der Waals surface area contributed by atoms with Gasteiger partial charge >= 0.3 is 0 Å². The van der Waals surface area contributed by atoms with E-state index in [9.17, 15) is 13.2 Å². The minimum absolute atomic E-state index is 0.273. The van der Waals surface area contributed by atoms with Gasteiger partial charge in [0.2, 0.25) is 15.9 Å². The third-order valence-electron chi connectivity index (χ3n) is 1.71. The van der Waals surface area contributed by atoms with Crippen LogP contribution in [-0.4, -0.2) is 44.5 Å². The number of amides is 1. The molecule has 0 aliphatic rings. The third-order valence-corrected chi connectivity index (χ3v) is 3.71. The van der Waals surface area contributed by atoms with E-state index < -0.39 is 21.2 Å². The van der Waals surface area contributed by atoms with Gasteiger partial charge in [0.15, 0.2) is 5.25 Å². The Balaban J connectivity index is 4.62. The van der Waals surface area contributed by atoms with Crippen molar-refractivity contribution in [1.82, 2.24) is 9.62 Å². The largest absolute Gasteiger partial charge is 0.358 e. The first-order chi connectivity index (χ1) is 6.36. The van der Waals surface area contributed by atoms with Gasteiger partial charge in [-0.2, -0.15) is 9.57 Å². The zero-order chi connectivity index (χ0) is 11.4. The van der Waals surface area contributed by atoms with Crippen molar-refractivity contribution in [2.75, 3.05) is 20.6 Å². The van der Waals surface area contributed by atoms with Crippen molar-refractivity contribution in [3.8, 4) is 6.07 Å². The Morgan fingerprint density at radius 1 is 1.64 bits per heavy atom. The van der Waals surface area contributed by atoms with Crippen LogP contribution in [0, 0.1) is 11.3 Å². The molecule has 0 heterocycles. The number of carbonyl (C=O) groups is 1. The highest BCUT2D eigenvalue weighted by Gasteiger charge is 2.26. The van der Waals surface area contributed by atoms with E-state index in [0.29, 0.717) is 0 Å². The van der Waals surface area contributed by atoms with Crippen LogP contribution in [0.2, 0.25) is 0 Å². The Labute approximate surface area is 83.6 Å². The lowest BCUT2D eigenvalue weighted by atomic mass is 10.5. The standard InChI is InChI=1S/C7H13N3O3S/c1-6(4-8)14(12,13)10(3)5-7(11)9-2/h6H,5H2,1-3H3,(H,9,11). The zero-order valence-electron chi connectivity index (χ0n) is 8.31. The maximum atomic E-state index is 11.4. The van der Waals surface area contributed by atoms with Gasteiger partial charge in [-0.05, 0) is 6.92 Å². The van der Waals surface area contributed by atoms with Crippen molar-refractivity contribution in [3.05, 3.63) is 0 Å².